The summed E-state index contributed by atoms with van der Waals surface area (Å²) in [5.41, 5.74) is 0.782. The molecular formula is C16H24N2O2. The van der Waals surface area contributed by atoms with E-state index >= 15 is 0 Å². The molecule has 0 saturated heterocycles. The van der Waals surface area contributed by atoms with E-state index in [9.17, 15) is 0 Å². The van der Waals surface area contributed by atoms with Gasteiger partial charge in [-0.15, -0.1) is 0 Å². The molecule has 1 rings (SSSR count). The minimum atomic E-state index is -0.294. The van der Waals surface area contributed by atoms with Crippen molar-refractivity contribution in [3.63, 3.8) is 0 Å². The van der Waals surface area contributed by atoms with Crippen LogP contribution in [0.5, 0.6) is 11.5 Å². The zero-order valence-corrected chi connectivity index (χ0v) is 12.8. The first kappa shape index (κ1) is 16.3. The van der Waals surface area contributed by atoms with Gasteiger partial charge >= 0.3 is 0 Å². The number of hydrogen-bond donors (Lipinski definition) is 1. The smallest absolute Gasteiger partial charge is 0.165 e. The van der Waals surface area contributed by atoms with Crippen molar-refractivity contribution in [2.45, 2.75) is 33.2 Å². The van der Waals surface area contributed by atoms with Crippen LogP contribution in [-0.2, 0) is 6.54 Å². The van der Waals surface area contributed by atoms with Crippen LogP contribution in [0.3, 0.4) is 0 Å². The van der Waals surface area contributed by atoms with E-state index in [1.54, 1.807) is 7.11 Å². The van der Waals surface area contributed by atoms with E-state index in [1.165, 1.54) is 0 Å². The number of nitrogens with zero attached hydrogens (tertiary/aromatic N) is 1. The van der Waals surface area contributed by atoms with Crippen LogP contribution < -0.4 is 14.8 Å². The Morgan fingerprint density at radius 3 is 2.70 bits per heavy atom. The fourth-order valence-electron chi connectivity index (χ4n) is 1.96. The molecule has 0 aromatic heterocycles. The summed E-state index contributed by atoms with van der Waals surface area (Å²) in [5, 5.41) is 12.1. The van der Waals surface area contributed by atoms with Gasteiger partial charge in [-0.05, 0) is 39.8 Å². The lowest BCUT2D eigenvalue weighted by molar-refractivity contribution is 0.267. The maximum atomic E-state index is 8.99. The Kier molecular flexibility index (Phi) is 6.33. The maximum Gasteiger partial charge on any atom is 0.165 e. The van der Waals surface area contributed by atoms with Crippen LogP contribution >= 0.6 is 0 Å². The van der Waals surface area contributed by atoms with Gasteiger partial charge in [0.1, 0.15) is 0 Å². The lowest BCUT2D eigenvalue weighted by atomic mass is 9.90. The molecule has 0 saturated carbocycles. The minimum absolute atomic E-state index is 0.294. The average Bonchev–Trinajstić information content (AvgIpc) is 2.45. The summed E-state index contributed by atoms with van der Waals surface area (Å²) in [7, 11) is 3.54. The van der Waals surface area contributed by atoms with E-state index in [-0.39, 0.29) is 5.41 Å². The lowest BCUT2D eigenvalue weighted by Gasteiger charge is -2.17. The predicted molar refractivity (Wildman–Crippen MR) is 79.9 cm³/mol. The second-order valence-electron chi connectivity index (χ2n) is 5.43. The highest BCUT2D eigenvalue weighted by atomic mass is 16.5. The number of nitriles is 1. The van der Waals surface area contributed by atoms with Gasteiger partial charge in [0, 0.05) is 12.1 Å². The molecule has 1 aromatic carbocycles. The van der Waals surface area contributed by atoms with Gasteiger partial charge in [-0.2, -0.15) is 5.26 Å². The predicted octanol–water partition coefficient (Wildman–Crippen LogP) is 3.12. The first-order chi connectivity index (χ1) is 9.54. The van der Waals surface area contributed by atoms with Gasteiger partial charge in [0.25, 0.3) is 0 Å². The molecule has 0 atom stereocenters. The van der Waals surface area contributed by atoms with Crippen molar-refractivity contribution in [2.75, 3.05) is 20.8 Å². The van der Waals surface area contributed by atoms with Gasteiger partial charge in [-0.3, -0.25) is 0 Å². The standard InChI is InChI=1S/C16H24N2O2/c1-16(2,12-17)9-6-10-20-15-13(11-18-3)7-5-8-14(15)19-4/h5,7-8,18H,6,9-11H2,1-4H3. The first-order valence-electron chi connectivity index (χ1n) is 6.88. The van der Waals surface area contributed by atoms with Gasteiger partial charge in [0.2, 0.25) is 0 Å². The van der Waals surface area contributed by atoms with Crippen LogP contribution in [0.25, 0.3) is 0 Å². The molecule has 0 aliphatic heterocycles. The summed E-state index contributed by atoms with van der Waals surface area (Å²) in [6, 6.07) is 8.18. The molecule has 4 heteroatoms. The number of ether oxygens (including phenoxy) is 2. The summed E-state index contributed by atoms with van der Waals surface area (Å²) in [6.07, 6.45) is 1.66. The van der Waals surface area contributed by atoms with Gasteiger partial charge in [-0.25, -0.2) is 0 Å². The molecule has 1 N–H and O–H groups in total. The lowest BCUT2D eigenvalue weighted by Crippen LogP contribution is -2.12. The van der Waals surface area contributed by atoms with Crippen LogP contribution in [0.15, 0.2) is 18.2 Å². The van der Waals surface area contributed by atoms with Crippen LogP contribution in [0.1, 0.15) is 32.3 Å². The molecule has 0 aliphatic rings. The van der Waals surface area contributed by atoms with Gasteiger partial charge in [0.15, 0.2) is 11.5 Å². The zero-order chi connectivity index (χ0) is 15.0. The van der Waals surface area contributed by atoms with Crippen molar-refractivity contribution in [2.24, 2.45) is 5.41 Å². The summed E-state index contributed by atoms with van der Waals surface area (Å²) in [6.45, 7) is 5.21. The number of nitrogens with one attached hydrogen (secondary N) is 1. The van der Waals surface area contributed by atoms with E-state index in [4.69, 9.17) is 14.7 Å². The third-order valence-corrected chi connectivity index (χ3v) is 3.14. The highest BCUT2D eigenvalue weighted by molar-refractivity contribution is 5.46. The van der Waals surface area contributed by atoms with Crippen molar-refractivity contribution < 1.29 is 9.47 Å². The summed E-state index contributed by atoms with van der Waals surface area (Å²) in [5.74, 6) is 1.54. The van der Waals surface area contributed by atoms with Gasteiger partial charge in [0.05, 0.1) is 25.2 Å². The van der Waals surface area contributed by atoms with Crippen LogP contribution in [0, 0.1) is 16.7 Å². The van der Waals surface area contributed by atoms with E-state index in [0.717, 1.165) is 36.4 Å². The topological polar surface area (TPSA) is 54.3 Å². The maximum absolute atomic E-state index is 8.99. The van der Waals surface area contributed by atoms with E-state index in [1.807, 2.05) is 39.1 Å². The second-order valence-corrected chi connectivity index (χ2v) is 5.43. The number of hydrogen-bond acceptors (Lipinski definition) is 4. The van der Waals surface area contributed by atoms with Crippen molar-refractivity contribution in [3.8, 4) is 17.6 Å². The first-order valence-corrected chi connectivity index (χ1v) is 6.88. The van der Waals surface area contributed by atoms with E-state index in [2.05, 4.69) is 11.4 Å². The Bertz CT molecular complexity index is 464. The molecular weight excluding hydrogens is 252 g/mol. The highest BCUT2D eigenvalue weighted by Gasteiger charge is 2.16. The number of methoxy groups -OCH3 is 1. The summed E-state index contributed by atoms with van der Waals surface area (Å²) < 4.78 is 11.2. The van der Waals surface area contributed by atoms with Crippen molar-refractivity contribution in [3.05, 3.63) is 23.8 Å². The van der Waals surface area contributed by atoms with Crippen molar-refractivity contribution in [1.29, 1.82) is 5.26 Å². The fraction of sp³-hybridized carbons (Fsp3) is 0.562. The number of benzene rings is 1. The Balaban J connectivity index is 2.65. The Labute approximate surface area is 121 Å². The average molecular weight is 276 g/mol. The van der Waals surface area contributed by atoms with Crippen molar-refractivity contribution in [1.82, 2.24) is 5.32 Å². The molecule has 0 spiro atoms. The molecule has 0 aliphatic carbocycles. The molecule has 20 heavy (non-hydrogen) atoms. The van der Waals surface area contributed by atoms with Gasteiger partial charge in [-0.1, -0.05) is 12.1 Å². The molecule has 4 nitrogen and oxygen atoms in total. The Hall–Kier alpha value is -1.73. The van der Waals surface area contributed by atoms with Crippen LogP contribution in [0.2, 0.25) is 0 Å². The fourth-order valence-corrected chi connectivity index (χ4v) is 1.96. The zero-order valence-electron chi connectivity index (χ0n) is 12.8. The molecule has 0 radical (unpaired) electrons. The quantitative estimate of drug-likeness (QED) is 0.741. The minimum Gasteiger partial charge on any atom is -0.493 e. The van der Waals surface area contributed by atoms with E-state index in [0.29, 0.717) is 6.61 Å². The van der Waals surface area contributed by atoms with E-state index < -0.39 is 0 Å². The Morgan fingerprint density at radius 2 is 2.10 bits per heavy atom. The largest absolute Gasteiger partial charge is 0.493 e. The highest BCUT2D eigenvalue weighted by Crippen LogP contribution is 2.31. The summed E-state index contributed by atoms with van der Waals surface area (Å²) in [4.78, 5) is 0. The molecule has 0 unspecified atom stereocenters. The van der Waals surface area contributed by atoms with Crippen molar-refractivity contribution >= 4 is 0 Å². The van der Waals surface area contributed by atoms with Crippen LogP contribution in [-0.4, -0.2) is 20.8 Å². The molecule has 1 aromatic rings. The summed E-state index contributed by atoms with van der Waals surface area (Å²) >= 11 is 0. The molecule has 0 amide bonds. The van der Waals surface area contributed by atoms with Gasteiger partial charge < -0.3 is 14.8 Å². The molecule has 0 fully saturated rings. The molecule has 0 bridgehead atoms. The third kappa shape index (κ3) is 4.75. The third-order valence-electron chi connectivity index (χ3n) is 3.14. The SMILES string of the molecule is CNCc1cccc(OC)c1OCCCC(C)(C)C#N. The monoisotopic (exact) mass is 276 g/mol. The Morgan fingerprint density at radius 1 is 1.35 bits per heavy atom. The normalized spacial score (nSPS) is 10.9. The molecule has 110 valence electrons. The number of para-hydroxylation sites is 1. The molecule has 0 heterocycles. The second kappa shape index (κ2) is 7.76. The number of rotatable bonds is 8. The van der Waals surface area contributed by atoms with Crippen LogP contribution in [0.4, 0.5) is 0 Å².